The van der Waals surface area contributed by atoms with Gasteiger partial charge in [0.15, 0.2) is 9.84 Å². The third-order valence-corrected chi connectivity index (χ3v) is 4.76. The van der Waals surface area contributed by atoms with Crippen LogP contribution < -0.4 is 5.32 Å². The fourth-order valence-corrected chi connectivity index (χ4v) is 3.74. The fourth-order valence-electron chi connectivity index (χ4n) is 1.54. The number of nitrogens with one attached hydrogen (secondary N) is 1. The molecule has 14 heavy (non-hydrogen) atoms. The third-order valence-electron chi connectivity index (χ3n) is 2.48. The van der Waals surface area contributed by atoms with E-state index in [0.29, 0.717) is 18.7 Å². The third kappa shape index (κ3) is 3.26. The summed E-state index contributed by atoms with van der Waals surface area (Å²) in [5.41, 5.74) is 2.25. The summed E-state index contributed by atoms with van der Waals surface area (Å²) < 4.78 is 22.6. The van der Waals surface area contributed by atoms with E-state index >= 15 is 0 Å². The highest BCUT2D eigenvalue weighted by Gasteiger charge is 2.37. The van der Waals surface area contributed by atoms with Crippen molar-refractivity contribution in [3.05, 3.63) is 11.1 Å². The molecule has 1 heterocycles. The van der Waals surface area contributed by atoms with Gasteiger partial charge in [0.05, 0.1) is 11.5 Å². The Hall–Kier alpha value is -0.0600. The van der Waals surface area contributed by atoms with Crippen LogP contribution in [0.4, 0.5) is 0 Å². The highest BCUT2D eigenvalue weighted by molar-refractivity contribution is 7.91. The number of hydrogen-bond donors (Lipinski definition) is 1. The van der Waals surface area contributed by atoms with Crippen molar-refractivity contribution in [3.63, 3.8) is 0 Å². The molecule has 1 atom stereocenters. The summed E-state index contributed by atoms with van der Waals surface area (Å²) in [6, 6.07) is 0. The molecule has 0 bridgehead atoms. The predicted octanol–water partition coefficient (Wildman–Crippen LogP) is 1.30. The van der Waals surface area contributed by atoms with E-state index in [1.54, 1.807) is 0 Å². The fraction of sp³-hybridized carbons (Fsp3) is 0.778. The van der Waals surface area contributed by atoms with Gasteiger partial charge in [0, 0.05) is 17.6 Å². The number of hydrogen-bond acceptors (Lipinski definition) is 3. The van der Waals surface area contributed by atoms with E-state index < -0.39 is 9.84 Å². The Bertz CT molecular complexity index is 337. The maximum absolute atomic E-state index is 11.3. The molecule has 1 unspecified atom stereocenters. The van der Waals surface area contributed by atoms with Crippen LogP contribution in [0.1, 0.15) is 20.3 Å². The molecule has 1 aliphatic heterocycles. The second kappa shape index (κ2) is 4.21. The van der Waals surface area contributed by atoms with E-state index in [-0.39, 0.29) is 11.3 Å². The van der Waals surface area contributed by atoms with Crippen LogP contribution in [-0.4, -0.2) is 32.0 Å². The highest BCUT2D eigenvalue weighted by atomic mass is 35.5. The lowest BCUT2D eigenvalue weighted by atomic mass is 10.0. The molecule has 0 radical (unpaired) electrons. The summed E-state index contributed by atoms with van der Waals surface area (Å²) in [4.78, 5) is 0. The molecule has 1 aliphatic rings. The molecule has 0 aromatic heterocycles. The van der Waals surface area contributed by atoms with E-state index in [2.05, 4.69) is 5.32 Å². The average Bonchev–Trinajstić information content (AvgIpc) is 2.37. The molecule has 1 fully saturated rings. The zero-order chi connectivity index (χ0) is 10.8. The van der Waals surface area contributed by atoms with E-state index in [4.69, 9.17) is 11.6 Å². The van der Waals surface area contributed by atoms with Crippen LogP contribution >= 0.6 is 11.6 Å². The van der Waals surface area contributed by atoms with Crippen molar-refractivity contribution >= 4 is 21.4 Å². The van der Waals surface area contributed by atoms with Crippen molar-refractivity contribution in [1.29, 1.82) is 0 Å². The lowest BCUT2D eigenvalue weighted by Gasteiger charge is -2.23. The van der Waals surface area contributed by atoms with Crippen molar-refractivity contribution < 1.29 is 8.42 Å². The molecule has 0 aliphatic carbocycles. The minimum absolute atomic E-state index is 0.232. The molecule has 0 amide bonds. The van der Waals surface area contributed by atoms with Crippen LogP contribution in [-0.2, 0) is 9.84 Å². The maximum Gasteiger partial charge on any atom is 0.152 e. The number of rotatable bonds is 3. The number of sulfone groups is 1. The van der Waals surface area contributed by atoms with Crippen LogP contribution in [0.25, 0.3) is 0 Å². The Kier molecular flexibility index (Phi) is 3.61. The summed E-state index contributed by atoms with van der Waals surface area (Å²) in [5.74, 6) is 0.524. The minimum atomic E-state index is -2.82. The molecule has 1 rings (SSSR count). The lowest BCUT2D eigenvalue weighted by molar-refractivity contribution is 0.413. The SMILES string of the molecule is C/C(=C\Cl)CNC1(C)CCS(=O)(=O)C1. The summed E-state index contributed by atoms with van der Waals surface area (Å²) in [5, 5.41) is 3.23. The van der Waals surface area contributed by atoms with Gasteiger partial charge in [0.25, 0.3) is 0 Å². The van der Waals surface area contributed by atoms with Gasteiger partial charge < -0.3 is 5.32 Å². The zero-order valence-corrected chi connectivity index (χ0v) is 10.1. The maximum atomic E-state index is 11.3. The molecule has 82 valence electrons. The smallest absolute Gasteiger partial charge is 0.152 e. The van der Waals surface area contributed by atoms with Crippen LogP contribution in [0.15, 0.2) is 11.1 Å². The first-order valence-electron chi connectivity index (χ1n) is 4.58. The van der Waals surface area contributed by atoms with Gasteiger partial charge in [-0.2, -0.15) is 0 Å². The second-order valence-electron chi connectivity index (χ2n) is 4.21. The summed E-state index contributed by atoms with van der Waals surface area (Å²) in [6.45, 7) is 4.50. The van der Waals surface area contributed by atoms with E-state index in [9.17, 15) is 8.42 Å². The van der Waals surface area contributed by atoms with Crippen LogP contribution in [0, 0.1) is 0 Å². The van der Waals surface area contributed by atoms with Crippen molar-refractivity contribution in [2.75, 3.05) is 18.1 Å². The van der Waals surface area contributed by atoms with E-state index in [1.807, 2.05) is 13.8 Å². The van der Waals surface area contributed by atoms with Crippen LogP contribution in [0.3, 0.4) is 0 Å². The van der Waals surface area contributed by atoms with Gasteiger partial charge >= 0.3 is 0 Å². The highest BCUT2D eigenvalue weighted by Crippen LogP contribution is 2.22. The minimum Gasteiger partial charge on any atom is -0.307 e. The van der Waals surface area contributed by atoms with Crippen molar-refractivity contribution in [2.45, 2.75) is 25.8 Å². The largest absolute Gasteiger partial charge is 0.307 e. The van der Waals surface area contributed by atoms with Gasteiger partial charge in [-0.1, -0.05) is 11.6 Å². The quantitative estimate of drug-likeness (QED) is 0.805. The molecule has 0 spiro atoms. The normalized spacial score (nSPS) is 32.1. The molecule has 0 saturated carbocycles. The first-order valence-corrected chi connectivity index (χ1v) is 6.84. The van der Waals surface area contributed by atoms with Gasteiger partial charge in [0.2, 0.25) is 0 Å². The Morgan fingerprint density at radius 3 is 2.71 bits per heavy atom. The van der Waals surface area contributed by atoms with Crippen LogP contribution in [0.2, 0.25) is 0 Å². The summed E-state index contributed by atoms with van der Waals surface area (Å²) in [6.07, 6.45) is 0.685. The Balaban J connectivity index is 2.53. The topological polar surface area (TPSA) is 46.2 Å². The molecule has 1 N–H and O–H groups in total. The molecule has 1 saturated heterocycles. The van der Waals surface area contributed by atoms with Gasteiger partial charge in [-0.3, -0.25) is 0 Å². The van der Waals surface area contributed by atoms with Crippen LogP contribution in [0.5, 0.6) is 0 Å². The van der Waals surface area contributed by atoms with Gasteiger partial charge in [-0.25, -0.2) is 8.42 Å². The average molecular weight is 238 g/mol. The molecular weight excluding hydrogens is 222 g/mol. The Labute approximate surface area is 90.4 Å². The van der Waals surface area contributed by atoms with Gasteiger partial charge in [-0.05, 0) is 25.8 Å². The van der Waals surface area contributed by atoms with Crippen molar-refractivity contribution in [2.24, 2.45) is 0 Å². The molecule has 3 nitrogen and oxygen atoms in total. The zero-order valence-electron chi connectivity index (χ0n) is 8.51. The Morgan fingerprint density at radius 1 is 1.64 bits per heavy atom. The number of halogens is 1. The summed E-state index contributed by atoms with van der Waals surface area (Å²) >= 11 is 5.52. The van der Waals surface area contributed by atoms with Crippen molar-refractivity contribution in [3.8, 4) is 0 Å². The van der Waals surface area contributed by atoms with Gasteiger partial charge in [0.1, 0.15) is 0 Å². The van der Waals surface area contributed by atoms with E-state index in [1.165, 1.54) is 5.54 Å². The van der Waals surface area contributed by atoms with Gasteiger partial charge in [-0.15, -0.1) is 0 Å². The molecule has 5 heteroatoms. The molecule has 0 aromatic carbocycles. The second-order valence-corrected chi connectivity index (χ2v) is 6.61. The van der Waals surface area contributed by atoms with Crippen molar-refractivity contribution in [1.82, 2.24) is 5.32 Å². The summed E-state index contributed by atoms with van der Waals surface area (Å²) in [7, 11) is -2.82. The molecule has 0 aromatic rings. The predicted molar refractivity (Wildman–Crippen MR) is 59.3 cm³/mol. The monoisotopic (exact) mass is 237 g/mol. The van der Waals surface area contributed by atoms with E-state index in [0.717, 1.165) is 5.57 Å². The molecular formula is C9H16ClNO2S. The Morgan fingerprint density at radius 2 is 2.29 bits per heavy atom. The lowest BCUT2D eigenvalue weighted by Crippen LogP contribution is -2.44. The first-order chi connectivity index (χ1) is 6.37. The standard InChI is InChI=1S/C9H16ClNO2S/c1-8(5-10)6-11-9(2)3-4-14(12,13)7-9/h5,11H,3-4,6-7H2,1-2H3/b8-5+. The first kappa shape index (κ1) is 12.0.